The molecule has 3 aromatic rings. The predicted molar refractivity (Wildman–Crippen MR) is 118 cm³/mol. The van der Waals surface area contributed by atoms with Crippen molar-refractivity contribution in [1.82, 2.24) is 9.55 Å². The van der Waals surface area contributed by atoms with Crippen LogP contribution in [0.4, 0.5) is 0 Å². The van der Waals surface area contributed by atoms with E-state index >= 15 is 0 Å². The highest BCUT2D eigenvalue weighted by atomic mass is 32.2. The van der Waals surface area contributed by atoms with Crippen LogP contribution in [0.5, 0.6) is 0 Å². The minimum absolute atomic E-state index is 0.0406. The Morgan fingerprint density at radius 3 is 2.73 bits per heavy atom. The van der Waals surface area contributed by atoms with Gasteiger partial charge in [0, 0.05) is 16.7 Å². The van der Waals surface area contributed by atoms with Crippen molar-refractivity contribution in [3.8, 4) is 11.3 Å². The van der Waals surface area contributed by atoms with Crippen LogP contribution in [-0.4, -0.2) is 27.0 Å². The van der Waals surface area contributed by atoms with E-state index in [1.54, 1.807) is 10.8 Å². The Hall–Kier alpha value is -2.31. The lowest BCUT2D eigenvalue weighted by molar-refractivity contribution is 0.282. The Kier molecular flexibility index (Phi) is 5.29. The second-order valence-corrected chi connectivity index (χ2v) is 9.40. The molecular weight excluding hydrogens is 396 g/mol. The zero-order valence-electron chi connectivity index (χ0n) is 17.0. The fourth-order valence-corrected chi connectivity index (χ4v) is 5.90. The molecule has 1 saturated carbocycles. The number of furan rings is 1. The van der Waals surface area contributed by atoms with E-state index in [2.05, 4.69) is 18.2 Å². The summed E-state index contributed by atoms with van der Waals surface area (Å²) in [4.78, 5) is 19.1. The second-order valence-electron chi connectivity index (χ2n) is 8.34. The fourth-order valence-electron chi connectivity index (χ4n) is 5.17. The normalized spacial score (nSPS) is 17.0. The predicted octanol–water partition coefficient (Wildman–Crippen LogP) is 4.39. The van der Waals surface area contributed by atoms with E-state index < -0.39 is 0 Å². The van der Waals surface area contributed by atoms with E-state index in [0.29, 0.717) is 17.5 Å². The van der Waals surface area contributed by atoms with Gasteiger partial charge >= 0.3 is 0 Å². The highest BCUT2D eigenvalue weighted by molar-refractivity contribution is 7.99. The molecule has 2 heterocycles. The minimum atomic E-state index is -0.128. The Morgan fingerprint density at radius 1 is 1.13 bits per heavy atom. The SMILES string of the molecule is O=c1c2c(nc(SCCO)n1Cc1ccco1)-c1ccccc1CC21CCCCC1. The molecule has 0 unspecified atom stereocenters. The molecule has 30 heavy (non-hydrogen) atoms. The minimum Gasteiger partial charge on any atom is -0.467 e. The van der Waals surface area contributed by atoms with Gasteiger partial charge in [-0.05, 0) is 37.0 Å². The van der Waals surface area contributed by atoms with Crippen LogP contribution in [0.3, 0.4) is 0 Å². The Balaban J connectivity index is 1.75. The maximum absolute atomic E-state index is 14.0. The Labute approximate surface area is 180 Å². The van der Waals surface area contributed by atoms with Crippen molar-refractivity contribution in [1.29, 1.82) is 0 Å². The molecule has 0 atom stereocenters. The van der Waals surface area contributed by atoms with Gasteiger partial charge in [0.05, 0.1) is 30.7 Å². The molecule has 6 heteroatoms. The summed E-state index contributed by atoms with van der Waals surface area (Å²) in [5.74, 6) is 1.23. The number of hydrogen-bond donors (Lipinski definition) is 1. The summed E-state index contributed by atoms with van der Waals surface area (Å²) in [6, 6.07) is 12.1. The summed E-state index contributed by atoms with van der Waals surface area (Å²) in [7, 11) is 0. The van der Waals surface area contributed by atoms with Gasteiger partial charge in [-0.15, -0.1) is 0 Å². The van der Waals surface area contributed by atoms with Gasteiger partial charge in [-0.3, -0.25) is 9.36 Å². The van der Waals surface area contributed by atoms with Gasteiger partial charge < -0.3 is 9.52 Å². The largest absolute Gasteiger partial charge is 0.467 e. The number of rotatable bonds is 5. The molecule has 0 amide bonds. The lowest BCUT2D eigenvalue weighted by atomic mass is 9.62. The van der Waals surface area contributed by atoms with Crippen molar-refractivity contribution in [2.24, 2.45) is 0 Å². The van der Waals surface area contributed by atoms with Crippen LogP contribution in [0, 0.1) is 0 Å². The quantitative estimate of drug-likeness (QED) is 0.488. The van der Waals surface area contributed by atoms with Gasteiger partial charge in [-0.1, -0.05) is 55.3 Å². The number of hydrogen-bond acceptors (Lipinski definition) is 5. The fraction of sp³-hybridized carbons (Fsp3) is 0.417. The molecule has 2 aliphatic carbocycles. The summed E-state index contributed by atoms with van der Waals surface area (Å²) in [5, 5.41) is 10.0. The molecular formula is C24H26N2O3S. The number of nitrogens with zero attached hydrogens (tertiary/aromatic N) is 2. The van der Waals surface area contributed by atoms with Crippen LogP contribution in [0.25, 0.3) is 11.3 Å². The molecule has 1 spiro atoms. The first-order valence-corrected chi connectivity index (χ1v) is 11.7. The molecule has 1 N–H and O–H groups in total. The van der Waals surface area contributed by atoms with Gasteiger partial charge in [0.25, 0.3) is 5.56 Å². The molecule has 156 valence electrons. The first-order chi connectivity index (χ1) is 14.7. The topological polar surface area (TPSA) is 68.3 Å². The average Bonchev–Trinajstić information content (AvgIpc) is 3.28. The van der Waals surface area contributed by atoms with Crippen molar-refractivity contribution in [3.05, 3.63) is 69.9 Å². The van der Waals surface area contributed by atoms with Crippen LogP contribution in [0.15, 0.2) is 57.0 Å². The zero-order chi connectivity index (χ0) is 20.6. The monoisotopic (exact) mass is 422 g/mol. The smallest absolute Gasteiger partial charge is 0.258 e. The number of aliphatic hydroxyl groups is 1. The van der Waals surface area contributed by atoms with E-state index in [4.69, 9.17) is 9.40 Å². The Bertz CT molecular complexity index is 1100. The summed E-state index contributed by atoms with van der Waals surface area (Å²) < 4.78 is 7.30. The first kappa shape index (κ1) is 19.6. The number of aliphatic hydroxyl groups excluding tert-OH is 1. The summed E-state index contributed by atoms with van der Waals surface area (Å²) >= 11 is 1.43. The first-order valence-electron chi connectivity index (χ1n) is 10.7. The lowest BCUT2D eigenvalue weighted by Crippen LogP contribution is -2.43. The number of thioether (sulfide) groups is 1. The van der Waals surface area contributed by atoms with Crippen LogP contribution in [-0.2, 0) is 18.4 Å². The van der Waals surface area contributed by atoms with Gasteiger partial charge in [0.2, 0.25) is 0 Å². The third-order valence-electron chi connectivity index (χ3n) is 6.49. The van der Waals surface area contributed by atoms with E-state index in [0.717, 1.165) is 54.7 Å². The molecule has 0 aliphatic heterocycles. The van der Waals surface area contributed by atoms with E-state index in [1.807, 2.05) is 18.2 Å². The summed E-state index contributed by atoms with van der Waals surface area (Å²) in [5.41, 5.74) is 4.03. The van der Waals surface area contributed by atoms with Gasteiger partial charge in [0.15, 0.2) is 5.16 Å². The lowest BCUT2D eigenvalue weighted by Gasteiger charge is -2.42. The molecule has 2 aromatic heterocycles. The van der Waals surface area contributed by atoms with E-state index in [9.17, 15) is 9.90 Å². The number of benzene rings is 1. The zero-order valence-corrected chi connectivity index (χ0v) is 17.8. The molecule has 1 fully saturated rings. The van der Waals surface area contributed by atoms with Crippen molar-refractivity contribution < 1.29 is 9.52 Å². The second kappa shape index (κ2) is 8.08. The molecule has 0 radical (unpaired) electrons. The Morgan fingerprint density at radius 2 is 1.97 bits per heavy atom. The average molecular weight is 423 g/mol. The van der Waals surface area contributed by atoms with Crippen LogP contribution >= 0.6 is 11.8 Å². The molecule has 5 rings (SSSR count). The van der Waals surface area contributed by atoms with Crippen LogP contribution in [0.2, 0.25) is 0 Å². The van der Waals surface area contributed by atoms with E-state index in [-0.39, 0.29) is 17.6 Å². The third-order valence-corrected chi connectivity index (χ3v) is 7.45. The summed E-state index contributed by atoms with van der Waals surface area (Å²) in [6.07, 6.45) is 8.16. The van der Waals surface area contributed by atoms with Gasteiger partial charge in [-0.25, -0.2) is 4.98 Å². The molecule has 2 aliphatic rings. The highest BCUT2D eigenvalue weighted by Gasteiger charge is 2.43. The highest BCUT2D eigenvalue weighted by Crippen LogP contribution is 2.48. The standard InChI is InChI=1S/C24H26N2O3S/c27-12-14-30-23-25-21-19-9-3-2-7-17(19)15-24(10-4-1-5-11-24)20(21)22(28)26(23)16-18-8-6-13-29-18/h2-3,6-9,13,27H,1,4-5,10-12,14-16H2. The van der Waals surface area contributed by atoms with E-state index in [1.165, 1.54) is 23.7 Å². The van der Waals surface area contributed by atoms with Crippen molar-refractivity contribution in [2.75, 3.05) is 12.4 Å². The summed E-state index contributed by atoms with van der Waals surface area (Å²) in [6.45, 7) is 0.399. The maximum atomic E-state index is 14.0. The number of fused-ring (bicyclic) bond motifs is 4. The molecule has 5 nitrogen and oxygen atoms in total. The van der Waals surface area contributed by atoms with Crippen molar-refractivity contribution >= 4 is 11.8 Å². The van der Waals surface area contributed by atoms with Crippen LogP contribution < -0.4 is 5.56 Å². The van der Waals surface area contributed by atoms with Gasteiger partial charge in [0.1, 0.15) is 5.76 Å². The van der Waals surface area contributed by atoms with Crippen molar-refractivity contribution in [3.63, 3.8) is 0 Å². The maximum Gasteiger partial charge on any atom is 0.258 e. The van der Waals surface area contributed by atoms with Gasteiger partial charge in [-0.2, -0.15) is 0 Å². The number of aromatic nitrogens is 2. The third kappa shape index (κ3) is 3.32. The molecule has 0 bridgehead atoms. The van der Waals surface area contributed by atoms with Crippen LogP contribution in [0.1, 0.15) is 49.0 Å². The molecule has 0 saturated heterocycles. The van der Waals surface area contributed by atoms with Crippen molar-refractivity contribution in [2.45, 2.75) is 55.6 Å². The molecule has 1 aromatic carbocycles.